The minimum Gasteiger partial charge on any atom is -0.458 e. The maximum atomic E-state index is 12.6. The third-order valence-corrected chi connectivity index (χ3v) is 3.54. The van der Waals surface area contributed by atoms with Crippen LogP contribution in [-0.4, -0.2) is 12.3 Å². The number of halogens is 3. The highest BCUT2D eigenvalue weighted by Gasteiger charge is 2.36. The van der Waals surface area contributed by atoms with E-state index in [2.05, 4.69) is 0 Å². The second-order valence-corrected chi connectivity index (χ2v) is 6.63. The van der Waals surface area contributed by atoms with Gasteiger partial charge in [-0.25, -0.2) is 4.79 Å². The summed E-state index contributed by atoms with van der Waals surface area (Å²) in [5, 5.41) is 0. The van der Waals surface area contributed by atoms with E-state index in [0.29, 0.717) is 16.9 Å². The molecule has 0 radical (unpaired) electrons. The fourth-order valence-electron chi connectivity index (χ4n) is 2.13. The van der Waals surface area contributed by atoms with Crippen molar-refractivity contribution in [2.75, 3.05) is 0 Å². The summed E-state index contributed by atoms with van der Waals surface area (Å²) in [5.41, 5.74) is -0.175. The van der Waals surface area contributed by atoms with Crippen LogP contribution in [0.3, 0.4) is 0 Å². The normalized spacial score (nSPS) is 19.4. The van der Waals surface area contributed by atoms with Crippen molar-refractivity contribution in [3.63, 3.8) is 0 Å². The van der Waals surface area contributed by atoms with E-state index < -0.39 is 24.0 Å². The molecular weight excluding hydrogens is 309 g/mol. The van der Waals surface area contributed by atoms with E-state index in [4.69, 9.17) is 9.47 Å². The third kappa shape index (κ3) is 4.06. The van der Waals surface area contributed by atoms with Crippen LogP contribution in [0.15, 0.2) is 35.6 Å². The van der Waals surface area contributed by atoms with E-state index in [0.717, 1.165) is 12.1 Å². The van der Waals surface area contributed by atoms with E-state index in [1.54, 1.807) is 6.92 Å². The van der Waals surface area contributed by atoms with Gasteiger partial charge in [0.25, 0.3) is 0 Å². The van der Waals surface area contributed by atoms with Gasteiger partial charge >= 0.3 is 12.1 Å². The fourth-order valence-corrected chi connectivity index (χ4v) is 2.13. The van der Waals surface area contributed by atoms with Gasteiger partial charge in [0.1, 0.15) is 5.76 Å². The summed E-state index contributed by atoms with van der Waals surface area (Å²) in [6, 6.07) is 4.70. The predicted octanol–water partition coefficient (Wildman–Crippen LogP) is 4.47. The van der Waals surface area contributed by atoms with Crippen molar-refractivity contribution in [3.8, 4) is 0 Å². The lowest BCUT2D eigenvalue weighted by Crippen LogP contribution is -2.38. The zero-order chi connectivity index (χ0) is 17.4. The number of hydrogen-bond acceptors (Lipinski definition) is 3. The topological polar surface area (TPSA) is 35.5 Å². The molecule has 1 unspecified atom stereocenters. The van der Waals surface area contributed by atoms with Gasteiger partial charge in [0.2, 0.25) is 6.29 Å². The van der Waals surface area contributed by atoms with Crippen molar-refractivity contribution >= 4 is 5.97 Å². The van der Waals surface area contributed by atoms with E-state index in [1.165, 1.54) is 12.1 Å². The summed E-state index contributed by atoms with van der Waals surface area (Å²) >= 11 is 0. The molecule has 1 aromatic rings. The first-order chi connectivity index (χ1) is 10.5. The zero-order valence-corrected chi connectivity index (χ0v) is 13.5. The minimum atomic E-state index is -4.37. The van der Waals surface area contributed by atoms with Crippen molar-refractivity contribution in [1.29, 1.82) is 0 Å². The molecule has 1 aromatic carbocycles. The summed E-state index contributed by atoms with van der Waals surface area (Å²) in [7, 11) is 0. The van der Waals surface area contributed by atoms with Crippen LogP contribution in [0, 0.1) is 5.41 Å². The molecule has 0 spiro atoms. The van der Waals surface area contributed by atoms with Gasteiger partial charge < -0.3 is 9.47 Å². The Morgan fingerprint density at radius 1 is 1.04 bits per heavy atom. The summed E-state index contributed by atoms with van der Waals surface area (Å²) in [6.45, 7) is 7.33. The van der Waals surface area contributed by atoms with Crippen molar-refractivity contribution in [1.82, 2.24) is 0 Å². The summed E-state index contributed by atoms with van der Waals surface area (Å²) in [4.78, 5) is 12.2. The van der Waals surface area contributed by atoms with Crippen LogP contribution in [0.25, 0.3) is 0 Å². The van der Waals surface area contributed by atoms with Crippen LogP contribution in [0.5, 0.6) is 0 Å². The number of benzene rings is 1. The molecule has 23 heavy (non-hydrogen) atoms. The first-order valence-corrected chi connectivity index (χ1v) is 7.22. The SMILES string of the molecule is CC1=C(Cc2ccc(C(F)(F)F)cc2)C(=O)OC(C(C)(C)C)O1. The molecule has 0 saturated heterocycles. The molecule has 1 heterocycles. The molecule has 1 aliphatic heterocycles. The highest BCUT2D eigenvalue weighted by Crippen LogP contribution is 2.32. The van der Waals surface area contributed by atoms with E-state index >= 15 is 0 Å². The third-order valence-electron chi connectivity index (χ3n) is 3.54. The Kier molecular flexibility index (Phi) is 4.46. The van der Waals surface area contributed by atoms with E-state index in [-0.39, 0.29) is 11.8 Å². The number of esters is 1. The van der Waals surface area contributed by atoms with Crippen molar-refractivity contribution < 1.29 is 27.4 Å². The van der Waals surface area contributed by atoms with E-state index in [9.17, 15) is 18.0 Å². The average Bonchev–Trinajstić information content (AvgIpc) is 2.41. The average molecular weight is 328 g/mol. The van der Waals surface area contributed by atoms with Gasteiger partial charge in [0, 0.05) is 11.8 Å². The van der Waals surface area contributed by atoms with Gasteiger partial charge in [0.05, 0.1) is 11.1 Å². The molecule has 1 atom stereocenters. The summed E-state index contributed by atoms with van der Waals surface area (Å²) < 4.78 is 48.6. The standard InChI is InChI=1S/C17H19F3O3/c1-10-13(14(21)23-15(22-10)16(2,3)4)9-11-5-7-12(8-6-11)17(18,19)20/h5-8,15H,9H2,1-4H3. The Bertz CT molecular complexity index is 622. The summed E-state index contributed by atoms with van der Waals surface area (Å²) in [5.74, 6) is -0.0466. The predicted molar refractivity (Wildman–Crippen MR) is 78.3 cm³/mol. The first-order valence-electron chi connectivity index (χ1n) is 7.22. The maximum Gasteiger partial charge on any atom is 0.416 e. The van der Waals surface area contributed by atoms with Crippen LogP contribution in [-0.2, 0) is 26.9 Å². The molecule has 0 fully saturated rings. The second-order valence-electron chi connectivity index (χ2n) is 6.63. The molecule has 6 heteroatoms. The smallest absolute Gasteiger partial charge is 0.416 e. The number of alkyl halides is 3. The quantitative estimate of drug-likeness (QED) is 0.752. The van der Waals surface area contributed by atoms with Crippen molar-refractivity contribution in [2.45, 2.75) is 46.6 Å². The van der Waals surface area contributed by atoms with Gasteiger partial charge in [-0.2, -0.15) is 13.2 Å². The lowest BCUT2D eigenvalue weighted by molar-refractivity contribution is -0.196. The molecule has 0 amide bonds. The van der Waals surface area contributed by atoms with Gasteiger partial charge in [0.15, 0.2) is 0 Å². The lowest BCUT2D eigenvalue weighted by Gasteiger charge is -2.34. The Morgan fingerprint density at radius 3 is 2.04 bits per heavy atom. The lowest BCUT2D eigenvalue weighted by atomic mass is 9.94. The second kappa shape index (κ2) is 5.91. The molecule has 0 saturated carbocycles. The molecule has 126 valence electrons. The van der Waals surface area contributed by atoms with Gasteiger partial charge in [-0.15, -0.1) is 0 Å². The Morgan fingerprint density at radius 2 is 1.61 bits per heavy atom. The summed E-state index contributed by atoms with van der Waals surface area (Å²) in [6.07, 6.45) is -4.88. The van der Waals surface area contributed by atoms with Crippen LogP contribution >= 0.6 is 0 Å². The van der Waals surface area contributed by atoms with Crippen LogP contribution in [0.1, 0.15) is 38.8 Å². The fraction of sp³-hybridized carbons (Fsp3) is 0.471. The number of ether oxygens (including phenoxy) is 2. The van der Waals surface area contributed by atoms with Gasteiger partial charge in [-0.3, -0.25) is 0 Å². The largest absolute Gasteiger partial charge is 0.458 e. The molecule has 1 aliphatic rings. The first kappa shape index (κ1) is 17.4. The number of hydrogen-bond donors (Lipinski definition) is 0. The van der Waals surface area contributed by atoms with Crippen molar-refractivity contribution in [2.24, 2.45) is 5.41 Å². The number of carbonyl (C=O) groups is 1. The highest BCUT2D eigenvalue weighted by atomic mass is 19.4. The Labute approximate surface area is 133 Å². The maximum absolute atomic E-state index is 12.6. The molecule has 3 nitrogen and oxygen atoms in total. The number of rotatable bonds is 2. The number of carbonyl (C=O) groups excluding carboxylic acids is 1. The Balaban J connectivity index is 2.18. The van der Waals surface area contributed by atoms with Crippen LogP contribution in [0.2, 0.25) is 0 Å². The van der Waals surface area contributed by atoms with Crippen LogP contribution < -0.4 is 0 Å². The zero-order valence-electron chi connectivity index (χ0n) is 13.5. The minimum absolute atomic E-state index is 0.166. The molecule has 0 aliphatic carbocycles. The van der Waals surface area contributed by atoms with E-state index in [1.807, 2.05) is 20.8 Å². The molecular formula is C17H19F3O3. The van der Waals surface area contributed by atoms with Crippen LogP contribution in [0.4, 0.5) is 13.2 Å². The highest BCUT2D eigenvalue weighted by molar-refractivity contribution is 5.90. The molecule has 0 bridgehead atoms. The molecule has 0 N–H and O–H groups in total. The van der Waals surface area contributed by atoms with Gasteiger partial charge in [-0.1, -0.05) is 32.9 Å². The Hall–Kier alpha value is -1.98. The molecule has 2 rings (SSSR count). The number of allylic oxidation sites excluding steroid dienone is 1. The molecule has 0 aromatic heterocycles. The van der Waals surface area contributed by atoms with Crippen molar-refractivity contribution in [3.05, 3.63) is 46.7 Å². The number of cyclic esters (lactones) is 1. The van der Waals surface area contributed by atoms with Gasteiger partial charge in [-0.05, 0) is 24.6 Å². The monoisotopic (exact) mass is 328 g/mol.